The average molecular weight is 1760 g/mol. The number of rotatable bonds is 30. The summed E-state index contributed by atoms with van der Waals surface area (Å²) in [4.78, 5) is 51.4. The Morgan fingerprint density at radius 2 is 0.600 bits per heavy atom. The molecule has 694 valence electrons. The van der Waals surface area contributed by atoms with Crippen molar-refractivity contribution in [3.05, 3.63) is 0 Å². The number of aliphatic hydroxyl groups excluding tert-OH is 26. The Labute approximate surface area is 679 Å². The summed E-state index contributed by atoms with van der Waals surface area (Å²) in [6.07, 6.45) is -93.6. The van der Waals surface area contributed by atoms with Crippen molar-refractivity contribution in [3.8, 4) is 0 Å². The van der Waals surface area contributed by atoms with Crippen LogP contribution in [0.15, 0.2) is 0 Å². The molecule has 10 saturated heterocycles. The average Bonchev–Trinajstić information content (AvgIpc) is 0.772. The summed E-state index contributed by atoms with van der Waals surface area (Å²) in [5.74, 6) is -3.62. The summed E-state index contributed by atoms with van der Waals surface area (Å²) < 4.78 is 114. The van der Waals surface area contributed by atoms with E-state index in [1.807, 2.05) is 0 Å². The Kier molecular flexibility index (Phi) is 35.0. The maximum Gasteiger partial charge on any atom is 0.217 e. The number of carbonyl (C=O) groups is 4. The molecule has 10 aliphatic rings. The van der Waals surface area contributed by atoms with Crippen molar-refractivity contribution in [2.24, 2.45) is 0 Å². The third-order valence-corrected chi connectivity index (χ3v) is 22.0. The second kappa shape index (κ2) is 42.8. The number of hydrogen-bond donors (Lipinski definition) is 30. The van der Waals surface area contributed by atoms with Crippen LogP contribution in [0.1, 0.15) is 34.6 Å². The lowest BCUT2D eigenvalue weighted by Crippen LogP contribution is -2.71. The van der Waals surface area contributed by atoms with Crippen molar-refractivity contribution in [3.63, 3.8) is 0 Å². The first-order chi connectivity index (χ1) is 56.8. The molecule has 0 spiro atoms. The van der Waals surface area contributed by atoms with Crippen LogP contribution in [0, 0.1) is 0 Å². The van der Waals surface area contributed by atoms with Gasteiger partial charge in [0.15, 0.2) is 62.9 Å². The number of ether oxygens (including phenoxy) is 19. The normalized spacial score (nSPS) is 49.7. The van der Waals surface area contributed by atoms with Crippen LogP contribution >= 0.6 is 0 Å². The van der Waals surface area contributed by atoms with Crippen LogP contribution in [0.4, 0.5) is 0 Å². The number of nitrogens with one attached hydrogen (secondary N) is 4. The minimum atomic E-state index is -2.58. The Balaban J connectivity index is 1.00. The summed E-state index contributed by atoms with van der Waals surface area (Å²) >= 11 is 0. The summed E-state index contributed by atoms with van der Waals surface area (Å²) in [6.45, 7) is -4.75. The van der Waals surface area contributed by atoms with Gasteiger partial charge in [0.05, 0.1) is 65.6 Å². The van der Waals surface area contributed by atoms with E-state index in [4.69, 9.17) is 90.0 Å². The van der Waals surface area contributed by atoms with Gasteiger partial charge in [-0.3, -0.25) is 19.2 Å². The van der Waals surface area contributed by atoms with Gasteiger partial charge in [-0.2, -0.15) is 0 Å². The molecular weight excluding hydrogens is 1640 g/mol. The smallest absolute Gasteiger partial charge is 0.217 e. The molecule has 0 aliphatic carbocycles. The number of carbonyl (C=O) groups excluding carboxylic acids is 4. The molecule has 30 N–H and O–H groups in total. The molecular formula is C67H112N4O49. The van der Waals surface area contributed by atoms with Crippen LogP contribution in [-0.2, 0) is 109 Å². The van der Waals surface area contributed by atoms with E-state index in [9.17, 15) is 152 Å². The van der Waals surface area contributed by atoms with E-state index >= 15 is 0 Å². The Morgan fingerprint density at radius 3 is 1.12 bits per heavy atom. The molecule has 120 heavy (non-hydrogen) atoms. The van der Waals surface area contributed by atoms with Crippen LogP contribution in [0.3, 0.4) is 0 Å². The van der Waals surface area contributed by atoms with Crippen molar-refractivity contribution in [2.45, 2.75) is 335 Å². The van der Waals surface area contributed by atoms with Gasteiger partial charge in [0, 0.05) is 27.7 Å². The van der Waals surface area contributed by atoms with Gasteiger partial charge in [-0.25, -0.2) is 0 Å². The molecule has 0 aromatic carbocycles. The zero-order valence-corrected chi connectivity index (χ0v) is 64.7. The van der Waals surface area contributed by atoms with E-state index in [0.717, 1.165) is 27.7 Å². The van der Waals surface area contributed by atoms with Gasteiger partial charge in [-0.05, 0) is 6.92 Å². The first-order valence-corrected chi connectivity index (χ1v) is 38.4. The molecule has 10 fully saturated rings. The minimum Gasteiger partial charge on any atom is -0.394 e. The summed E-state index contributed by atoms with van der Waals surface area (Å²) in [5, 5.41) is 300. The lowest BCUT2D eigenvalue weighted by atomic mass is 9.93. The maximum atomic E-state index is 13.4. The van der Waals surface area contributed by atoms with Crippen LogP contribution in [0.5, 0.6) is 0 Å². The summed E-state index contributed by atoms with van der Waals surface area (Å²) in [6, 6.07) is -7.37. The first kappa shape index (κ1) is 98.3. The fourth-order valence-corrected chi connectivity index (χ4v) is 15.6. The van der Waals surface area contributed by atoms with Gasteiger partial charge in [0.25, 0.3) is 0 Å². The Morgan fingerprint density at radius 1 is 0.267 bits per heavy atom. The van der Waals surface area contributed by atoms with E-state index in [-0.39, 0.29) is 0 Å². The van der Waals surface area contributed by atoms with Gasteiger partial charge in [0.2, 0.25) is 23.6 Å². The molecule has 10 rings (SSSR count). The van der Waals surface area contributed by atoms with Crippen molar-refractivity contribution in [1.82, 2.24) is 21.3 Å². The second-order valence-electron chi connectivity index (χ2n) is 30.5. The number of amides is 4. The first-order valence-electron chi connectivity index (χ1n) is 38.4. The SMILES string of the molecule is CC(=O)N[C@@H]1[C@@H](O[C@@H]2O[C@@H](C)[C@@H](O)[C@@H](O)[C@@H]2O)[C@H](O[C@@H]2O[C@H](CO)[C@@H](O[C@@H]3O[C@H](CO[C@H]4O[C@H](CO)[C@@H](O[C@@H]5O[C@H](CO)[C@@H](O)[C@H](O)[C@H]5NC(C)=O)[C@H](O)[C@@H]4O)[C@@H](O)[C@H](O[C@H]4O[C@H](CO)[C@@H](O[C@@H]5O[C@H](CO)[C@@H](O)[C@H](O[C@@H]6O[C@H](CO)[C@H](O)[C@H](O)[C@H]6O)[C@H]5NC(C)=O)[C@H](O)[C@@H]4O)[C@@H]3O[C@@H]3OC[C@@H](O)[C@H](O)[C@H]3O)[C@H](O)[C@H]2NC(C)=O)[C@@H](CO)O[C@H]1O. The van der Waals surface area contributed by atoms with Crippen LogP contribution < -0.4 is 21.3 Å². The van der Waals surface area contributed by atoms with Crippen LogP contribution in [-0.4, -0.2) is 517 Å². The predicted molar refractivity (Wildman–Crippen MR) is 369 cm³/mol. The molecule has 0 aromatic heterocycles. The van der Waals surface area contributed by atoms with Gasteiger partial charge < -0.3 is 244 Å². The van der Waals surface area contributed by atoms with Gasteiger partial charge in [-0.15, -0.1) is 0 Å². The molecule has 0 bridgehead atoms. The van der Waals surface area contributed by atoms with Gasteiger partial charge in [-0.1, -0.05) is 0 Å². The largest absolute Gasteiger partial charge is 0.394 e. The maximum absolute atomic E-state index is 13.4. The third-order valence-electron chi connectivity index (χ3n) is 22.0. The Bertz CT molecular complexity index is 3230. The predicted octanol–water partition coefficient (Wildman–Crippen LogP) is -20.6. The lowest BCUT2D eigenvalue weighted by Gasteiger charge is -2.52. The van der Waals surface area contributed by atoms with Crippen molar-refractivity contribution < 1.29 is 242 Å². The van der Waals surface area contributed by atoms with E-state index in [1.165, 1.54) is 6.92 Å². The highest BCUT2D eigenvalue weighted by atomic mass is 16.8. The Hall–Kier alpha value is -3.92. The highest BCUT2D eigenvalue weighted by molar-refractivity contribution is 5.74. The molecule has 53 nitrogen and oxygen atoms in total. The monoisotopic (exact) mass is 1760 g/mol. The molecule has 0 unspecified atom stereocenters. The molecule has 4 amide bonds. The molecule has 0 radical (unpaired) electrons. The standard InChI is InChI=1S/C67H112N4O49/c1-15-33(84)41(92)46(97)64(104-15)118-55-31(70-18(4)81)58(101)105-27(12-78)53(55)116-60-30(69-17(3)80)40(91)50(24(9-75)109-60)115-67-57(120-63-45(96)34(85)20(83)13-102-63)56(38(89)28(112-67)14-103-62-48(99)43(94)51(25(10-76)110-62)113-59-29(68-16(2)79)39(90)35(86)21(6-72)106-59)119-66-49(100)44(95)52(26(11-77)111-66)114-61-32(71-19(5)82)54(37(88)23(8-74)107-61)117-65-47(98)42(93)36(87)22(7-73)108-65/h15,20-67,72-78,83-101H,6-14H2,1-5H3,(H,68,79)(H,69,80)(H,70,81)(H,71,82)/t15-,20+,21+,22+,23+,24+,25+,26+,27+,28+,29+,30+,31+,32+,33+,34-,35+,36-,37+,38+,39+,40+,41+,42-,43+,44+,45+,46-,47+,48-,49-,50+,51+,52+,53+,54+,55+,56-,57-,58+,59-,60-,61-,62-,63-,64-,65-,66+,67-/m0/s1. The molecule has 53 heteroatoms. The summed E-state index contributed by atoms with van der Waals surface area (Å²) in [7, 11) is 0. The van der Waals surface area contributed by atoms with E-state index < -0.39 is 384 Å². The fraction of sp³-hybridized carbons (Fsp3) is 0.940. The number of hydrogen-bond acceptors (Lipinski definition) is 49. The molecule has 0 saturated carbocycles. The van der Waals surface area contributed by atoms with Crippen molar-refractivity contribution in [2.75, 3.05) is 59.5 Å². The second-order valence-corrected chi connectivity index (χ2v) is 30.5. The molecule has 10 aliphatic heterocycles. The third kappa shape index (κ3) is 21.6. The van der Waals surface area contributed by atoms with Gasteiger partial charge in [0.1, 0.15) is 232 Å². The van der Waals surface area contributed by atoms with Crippen molar-refractivity contribution >= 4 is 23.6 Å². The van der Waals surface area contributed by atoms with E-state index in [0.29, 0.717) is 0 Å². The fourth-order valence-electron chi connectivity index (χ4n) is 15.6. The highest BCUT2D eigenvalue weighted by Crippen LogP contribution is 2.41. The van der Waals surface area contributed by atoms with Crippen LogP contribution in [0.25, 0.3) is 0 Å². The summed E-state index contributed by atoms with van der Waals surface area (Å²) in [5.41, 5.74) is 0. The quantitative estimate of drug-likeness (QED) is 0.0318. The van der Waals surface area contributed by atoms with Crippen LogP contribution in [0.2, 0.25) is 0 Å². The number of aliphatic hydroxyl groups is 26. The highest BCUT2D eigenvalue weighted by Gasteiger charge is 2.62. The van der Waals surface area contributed by atoms with E-state index in [2.05, 4.69) is 21.3 Å². The van der Waals surface area contributed by atoms with E-state index in [1.54, 1.807) is 0 Å². The molecule has 0 aromatic rings. The molecule has 10 heterocycles. The zero-order chi connectivity index (χ0) is 88.2. The van der Waals surface area contributed by atoms with Crippen molar-refractivity contribution in [1.29, 1.82) is 0 Å². The topological polar surface area (TPSA) is 818 Å². The lowest BCUT2D eigenvalue weighted by molar-refractivity contribution is -0.408. The minimum absolute atomic E-state index is 0.810. The zero-order valence-electron chi connectivity index (χ0n) is 64.7. The van der Waals surface area contributed by atoms with Gasteiger partial charge >= 0.3 is 0 Å². The molecule has 49 atom stereocenters.